The molecular formula is C19H20N2O5S. The van der Waals surface area contributed by atoms with Crippen LogP contribution in [0.25, 0.3) is 0 Å². The molecule has 142 valence electrons. The molecule has 0 bridgehead atoms. The smallest absolute Gasteiger partial charge is 0.313 e. The van der Waals surface area contributed by atoms with Gasteiger partial charge in [-0.1, -0.05) is 19.1 Å². The second-order valence-corrected chi connectivity index (χ2v) is 7.64. The van der Waals surface area contributed by atoms with E-state index < -0.39 is 22.2 Å². The van der Waals surface area contributed by atoms with Crippen LogP contribution in [0.15, 0.2) is 47.4 Å². The van der Waals surface area contributed by atoms with E-state index in [0.29, 0.717) is 16.1 Å². The SMILES string of the molecule is CCSc1ccc([N+](=O)[O-])cc1C(=O)Nc1ccc(C(C)(C)C(=O)O)cc1. The minimum absolute atomic E-state index is 0.154. The number of nitro benzene ring substituents is 1. The highest BCUT2D eigenvalue weighted by atomic mass is 32.2. The lowest BCUT2D eigenvalue weighted by molar-refractivity contribution is -0.384. The zero-order valence-corrected chi connectivity index (χ0v) is 16.0. The first-order valence-corrected chi connectivity index (χ1v) is 9.22. The molecule has 0 aliphatic heterocycles. The van der Waals surface area contributed by atoms with Gasteiger partial charge < -0.3 is 10.4 Å². The van der Waals surface area contributed by atoms with E-state index in [1.165, 1.54) is 23.9 Å². The molecule has 0 saturated heterocycles. The number of benzene rings is 2. The number of nitrogens with zero attached hydrogens (tertiary/aromatic N) is 1. The summed E-state index contributed by atoms with van der Waals surface area (Å²) in [6, 6.07) is 10.7. The Hall–Kier alpha value is -2.87. The number of non-ortho nitro benzene ring substituents is 1. The van der Waals surface area contributed by atoms with Gasteiger partial charge in [-0.3, -0.25) is 19.7 Å². The zero-order chi connectivity index (χ0) is 20.2. The number of thioether (sulfide) groups is 1. The van der Waals surface area contributed by atoms with E-state index in [2.05, 4.69) is 5.32 Å². The van der Waals surface area contributed by atoms with Gasteiger partial charge in [0.25, 0.3) is 11.6 Å². The molecule has 2 aromatic carbocycles. The second-order valence-electron chi connectivity index (χ2n) is 6.33. The first-order chi connectivity index (χ1) is 12.7. The highest BCUT2D eigenvalue weighted by Gasteiger charge is 2.29. The van der Waals surface area contributed by atoms with Gasteiger partial charge in [0.15, 0.2) is 0 Å². The molecule has 0 heterocycles. The summed E-state index contributed by atoms with van der Waals surface area (Å²) in [5, 5.41) is 23.0. The molecule has 0 atom stereocenters. The third kappa shape index (κ3) is 4.65. The molecule has 7 nitrogen and oxygen atoms in total. The van der Waals surface area contributed by atoms with Gasteiger partial charge in [-0.05, 0) is 43.4 Å². The Kier molecular flexibility index (Phi) is 6.22. The second kappa shape index (κ2) is 8.22. The van der Waals surface area contributed by atoms with Crippen molar-refractivity contribution < 1.29 is 19.6 Å². The molecular weight excluding hydrogens is 368 g/mol. The van der Waals surface area contributed by atoms with Crippen LogP contribution in [-0.2, 0) is 10.2 Å². The monoisotopic (exact) mass is 388 g/mol. The van der Waals surface area contributed by atoms with Crippen LogP contribution in [0.3, 0.4) is 0 Å². The van der Waals surface area contributed by atoms with Gasteiger partial charge in [-0.25, -0.2) is 0 Å². The third-order valence-electron chi connectivity index (χ3n) is 4.12. The number of carbonyl (C=O) groups excluding carboxylic acids is 1. The Morgan fingerprint density at radius 2 is 1.81 bits per heavy atom. The minimum atomic E-state index is -1.05. The van der Waals surface area contributed by atoms with E-state index in [4.69, 9.17) is 0 Å². The number of carboxylic acid groups (broad SMARTS) is 1. The van der Waals surface area contributed by atoms with E-state index in [-0.39, 0.29) is 11.3 Å². The van der Waals surface area contributed by atoms with Gasteiger partial charge in [0.2, 0.25) is 0 Å². The van der Waals surface area contributed by atoms with Crippen molar-refractivity contribution in [3.63, 3.8) is 0 Å². The molecule has 0 saturated carbocycles. The van der Waals surface area contributed by atoms with Crippen molar-refractivity contribution in [3.8, 4) is 0 Å². The molecule has 2 N–H and O–H groups in total. The van der Waals surface area contributed by atoms with Crippen LogP contribution in [-0.4, -0.2) is 27.7 Å². The molecule has 0 radical (unpaired) electrons. The van der Waals surface area contributed by atoms with E-state index >= 15 is 0 Å². The van der Waals surface area contributed by atoms with Crippen molar-refractivity contribution in [1.29, 1.82) is 0 Å². The molecule has 0 spiro atoms. The molecule has 27 heavy (non-hydrogen) atoms. The molecule has 2 aromatic rings. The maximum Gasteiger partial charge on any atom is 0.313 e. The number of amides is 1. The number of carbonyl (C=O) groups is 2. The maximum absolute atomic E-state index is 12.6. The number of nitrogens with one attached hydrogen (secondary N) is 1. The first kappa shape index (κ1) is 20.4. The van der Waals surface area contributed by atoms with Gasteiger partial charge in [0, 0.05) is 22.7 Å². The van der Waals surface area contributed by atoms with Crippen LogP contribution in [0.1, 0.15) is 36.7 Å². The largest absolute Gasteiger partial charge is 0.481 e. The average molecular weight is 388 g/mol. The molecule has 8 heteroatoms. The summed E-state index contributed by atoms with van der Waals surface area (Å²) in [7, 11) is 0. The lowest BCUT2D eigenvalue weighted by Crippen LogP contribution is -2.28. The predicted octanol–water partition coefficient (Wildman–Crippen LogP) is 4.32. The lowest BCUT2D eigenvalue weighted by Gasteiger charge is -2.20. The molecule has 1 amide bonds. The summed E-state index contributed by atoms with van der Waals surface area (Å²) >= 11 is 1.42. The van der Waals surface area contributed by atoms with Crippen molar-refractivity contribution in [3.05, 3.63) is 63.7 Å². The summed E-state index contributed by atoms with van der Waals surface area (Å²) in [6.07, 6.45) is 0. The fourth-order valence-electron chi connectivity index (χ4n) is 2.38. The molecule has 0 aromatic heterocycles. The first-order valence-electron chi connectivity index (χ1n) is 8.23. The predicted molar refractivity (Wildman–Crippen MR) is 105 cm³/mol. The number of nitro groups is 1. The van der Waals surface area contributed by atoms with Crippen LogP contribution < -0.4 is 5.32 Å². The Balaban J connectivity index is 2.28. The lowest BCUT2D eigenvalue weighted by atomic mass is 9.85. The molecule has 0 fully saturated rings. The van der Waals surface area contributed by atoms with Crippen LogP contribution in [0, 0.1) is 10.1 Å². The summed E-state index contributed by atoms with van der Waals surface area (Å²) in [5.74, 6) is -0.686. The Morgan fingerprint density at radius 3 is 2.33 bits per heavy atom. The fraction of sp³-hybridized carbons (Fsp3) is 0.263. The topological polar surface area (TPSA) is 110 Å². The highest BCUT2D eigenvalue weighted by Crippen LogP contribution is 2.28. The van der Waals surface area contributed by atoms with Crippen LogP contribution >= 0.6 is 11.8 Å². The third-order valence-corrected chi connectivity index (χ3v) is 5.07. The van der Waals surface area contributed by atoms with E-state index in [1.807, 2.05) is 6.92 Å². The van der Waals surface area contributed by atoms with Crippen molar-refractivity contribution >= 4 is 35.0 Å². The minimum Gasteiger partial charge on any atom is -0.481 e. The van der Waals surface area contributed by atoms with Crippen LogP contribution in [0.2, 0.25) is 0 Å². The summed E-state index contributed by atoms with van der Waals surface area (Å²) in [4.78, 5) is 35.1. The Labute approximate surface area is 160 Å². The fourth-order valence-corrected chi connectivity index (χ4v) is 3.16. The van der Waals surface area contributed by atoms with Crippen molar-refractivity contribution in [1.82, 2.24) is 0 Å². The average Bonchev–Trinajstić information content (AvgIpc) is 2.62. The van der Waals surface area contributed by atoms with Crippen molar-refractivity contribution in [2.45, 2.75) is 31.1 Å². The van der Waals surface area contributed by atoms with E-state index in [0.717, 1.165) is 5.75 Å². The number of carboxylic acids is 1. The van der Waals surface area contributed by atoms with Crippen LogP contribution in [0.4, 0.5) is 11.4 Å². The van der Waals surface area contributed by atoms with Gasteiger partial charge in [-0.2, -0.15) is 0 Å². The van der Waals surface area contributed by atoms with Gasteiger partial charge in [-0.15, -0.1) is 11.8 Å². The zero-order valence-electron chi connectivity index (χ0n) is 15.2. The summed E-state index contributed by atoms with van der Waals surface area (Å²) in [5.41, 5.74) is 0.104. The number of hydrogen-bond acceptors (Lipinski definition) is 5. The van der Waals surface area contributed by atoms with E-state index in [9.17, 15) is 24.8 Å². The quantitative estimate of drug-likeness (QED) is 0.415. The number of anilines is 1. The molecule has 0 aliphatic carbocycles. The Bertz CT molecular complexity index is 878. The highest BCUT2D eigenvalue weighted by molar-refractivity contribution is 7.99. The standard InChI is InChI=1S/C19H20N2O5S/c1-4-27-16-10-9-14(21(25)26)11-15(16)17(22)20-13-7-5-12(6-8-13)19(2,3)18(23)24/h5-11H,4H2,1-3H3,(H,20,22)(H,23,24). The van der Waals surface area contributed by atoms with E-state index in [1.54, 1.807) is 44.2 Å². The van der Waals surface area contributed by atoms with Gasteiger partial charge in [0.1, 0.15) is 0 Å². The Morgan fingerprint density at radius 1 is 1.19 bits per heavy atom. The van der Waals surface area contributed by atoms with Crippen molar-refractivity contribution in [2.75, 3.05) is 11.1 Å². The normalized spacial score (nSPS) is 11.1. The van der Waals surface area contributed by atoms with Gasteiger partial charge in [0.05, 0.1) is 15.9 Å². The van der Waals surface area contributed by atoms with Crippen LogP contribution in [0.5, 0.6) is 0 Å². The number of hydrogen-bond donors (Lipinski definition) is 2. The molecule has 2 rings (SSSR count). The number of aliphatic carboxylic acids is 1. The molecule has 0 aliphatic rings. The summed E-state index contributed by atoms with van der Waals surface area (Å²) < 4.78 is 0. The molecule has 0 unspecified atom stereocenters. The maximum atomic E-state index is 12.6. The summed E-state index contributed by atoms with van der Waals surface area (Å²) in [6.45, 7) is 5.12. The number of rotatable bonds is 7. The van der Waals surface area contributed by atoms with Gasteiger partial charge >= 0.3 is 5.97 Å². The van der Waals surface area contributed by atoms with Crippen molar-refractivity contribution in [2.24, 2.45) is 0 Å².